The number of carbonyl (C=O) groups is 1. The fourth-order valence-electron chi connectivity index (χ4n) is 14.4. The minimum absolute atomic E-state index is 0.0777. The van der Waals surface area contributed by atoms with Crippen LogP contribution in [0.1, 0.15) is 132 Å². The molecule has 7 rings (SSSR count). The summed E-state index contributed by atoms with van der Waals surface area (Å²) in [4.78, 5) is 16.2. The lowest BCUT2D eigenvalue weighted by Gasteiger charge is -2.68. The van der Waals surface area contributed by atoms with E-state index in [1.165, 1.54) is 119 Å². The Morgan fingerprint density at radius 3 is 2.47 bits per heavy atom. The third-order valence-electron chi connectivity index (χ3n) is 16.9. The summed E-state index contributed by atoms with van der Waals surface area (Å²) in [5.41, 5.74) is 10.8. The van der Waals surface area contributed by atoms with Crippen LogP contribution < -0.4 is 10.6 Å². The van der Waals surface area contributed by atoms with E-state index in [4.69, 9.17) is 15.0 Å². The molecule has 8 nitrogen and oxygen atoms in total. The van der Waals surface area contributed by atoms with Crippen molar-refractivity contribution in [2.75, 3.05) is 50.9 Å². The number of nitrogens with one attached hydrogen (secondary N) is 3. The minimum atomic E-state index is -0.753. The van der Waals surface area contributed by atoms with Crippen LogP contribution in [0.4, 0.5) is 0 Å². The van der Waals surface area contributed by atoms with Crippen molar-refractivity contribution in [1.29, 1.82) is 5.53 Å². The molecule has 9 heteroatoms. The van der Waals surface area contributed by atoms with E-state index in [-0.39, 0.29) is 24.0 Å². The molecule has 0 spiro atoms. The standard InChI is InChI=1S/C46H75N5O3S/c1-8-53-41(52)45(31-54-40(30-49-47)50-32(2)3)21-13-33(14-22-45)35-15-19-44(7)38(42(35,4)5)17-20-43(6)36-16-23-46(48-24-25-51-26-28-55-29-27-51)18-9-10-37(46)34(36)11-12-39(43)44/h13,15,30,32,34,36-39,47-48,50H,8-12,14,16-29,31H2,1-7H3/b40-30+,49-47?/t34-,36?,37?,38?,39?,43-,44-,45?,46-/m0/s1. The number of fused-ring (bicyclic) bond motifs is 7. The molecule has 1 heterocycles. The largest absolute Gasteiger partial charge is 0.477 e. The van der Waals surface area contributed by atoms with Gasteiger partial charge >= 0.3 is 5.97 Å². The Labute approximate surface area is 338 Å². The van der Waals surface area contributed by atoms with Crippen LogP contribution >= 0.6 is 11.8 Å². The Morgan fingerprint density at radius 2 is 1.76 bits per heavy atom. The second-order valence-electron chi connectivity index (χ2n) is 20.3. The van der Waals surface area contributed by atoms with Crippen LogP contribution in [0.3, 0.4) is 0 Å². The average Bonchev–Trinajstić information content (AvgIpc) is 3.59. The van der Waals surface area contributed by atoms with Crippen molar-refractivity contribution in [2.24, 2.45) is 56.4 Å². The van der Waals surface area contributed by atoms with Gasteiger partial charge < -0.3 is 25.0 Å². The zero-order valence-corrected chi connectivity index (χ0v) is 36.4. The maximum absolute atomic E-state index is 13.5. The van der Waals surface area contributed by atoms with Gasteiger partial charge in [-0.3, -0.25) is 4.79 Å². The van der Waals surface area contributed by atoms with Crippen molar-refractivity contribution in [3.8, 4) is 0 Å². The molecule has 0 aromatic heterocycles. The van der Waals surface area contributed by atoms with Crippen LogP contribution in [-0.4, -0.2) is 73.3 Å². The lowest BCUT2D eigenvalue weighted by atomic mass is 9.37. The highest BCUT2D eigenvalue weighted by Gasteiger charge is 2.65. The summed E-state index contributed by atoms with van der Waals surface area (Å²) in [6.07, 6.45) is 22.3. The SMILES string of the molecule is CCOC(=O)C1(CO/C(=C/N=N)NC(C)C)CC=C(C2=CC[C@@]3(C)C(CC[C@@]4(C)C5CC[C@@]6(NCCN7CCSCC7)CCCC6[C@H]5CCC43)C2(C)C)CC1. The first-order valence-electron chi connectivity index (χ1n) is 22.4. The molecule has 9 atom stereocenters. The van der Waals surface area contributed by atoms with E-state index in [0.29, 0.717) is 47.6 Å². The molecule has 0 aromatic carbocycles. The fraction of sp³-hybridized carbons (Fsp3) is 0.848. The normalized spacial score (nSPS) is 40.1. The van der Waals surface area contributed by atoms with Crippen LogP contribution in [0, 0.1) is 56.8 Å². The molecule has 0 bridgehead atoms. The number of nitrogens with zero attached hydrogens (tertiary/aromatic N) is 2. The molecule has 308 valence electrons. The lowest BCUT2D eigenvalue weighted by Crippen LogP contribution is -2.64. The number of hydrogen-bond acceptors (Lipinski definition) is 9. The van der Waals surface area contributed by atoms with Gasteiger partial charge in [0, 0.05) is 49.3 Å². The van der Waals surface area contributed by atoms with Gasteiger partial charge in [0.15, 0.2) is 0 Å². The number of esters is 1. The number of ether oxygens (including phenoxy) is 2. The molecule has 5 fully saturated rings. The smallest absolute Gasteiger partial charge is 0.315 e. The van der Waals surface area contributed by atoms with Gasteiger partial charge in [0.25, 0.3) is 0 Å². The summed E-state index contributed by atoms with van der Waals surface area (Å²) < 4.78 is 11.8. The Balaban J connectivity index is 1.06. The second-order valence-corrected chi connectivity index (χ2v) is 21.5. The first-order chi connectivity index (χ1) is 26.3. The zero-order chi connectivity index (χ0) is 39.1. The predicted molar refractivity (Wildman–Crippen MR) is 225 cm³/mol. The minimum Gasteiger partial charge on any atom is -0.477 e. The van der Waals surface area contributed by atoms with Gasteiger partial charge in [0.2, 0.25) is 5.88 Å². The van der Waals surface area contributed by atoms with Gasteiger partial charge in [-0.1, -0.05) is 46.3 Å². The molecule has 1 saturated heterocycles. The molecule has 4 saturated carbocycles. The molecular weight excluding hydrogens is 703 g/mol. The van der Waals surface area contributed by atoms with Gasteiger partial charge in [-0.2, -0.15) is 16.9 Å². The third-order valence-corrected chi connectivity index (χ3v) is 17.8. The monoisotopic (exact) mass is 778 g/mol. The third kappa shape index (κ3) is 7.63. The van der Waals surface area contributed by atoms with Crippen molar-refractivity contribution in [3.63, 3.8) is 0 Å². The Kier molecular flexibility index (Phi) is 12.3. The van der Waals surface area contributed by atoms with E-state index in [2.05, 4.69) is 72.3 Å². The van der Waals surface area contributed by atoms with Gasteiger partial charge in [-0.25, -0.2) is 5.53 Å². The molecule has 3 N–H and O–H groups in total. The highest BCUT2D eigenvalue weighted by molar-refractivity contribution is 7.99. The molecule has 55 heavy (non-hydrogen) atoms. The van der Waals surface area contributed by atoms with E-state index in [1.54, 1.807) is 0 Å². The maximum atomic E-state index is 13.5. The maximum Gasteiger partial charge on any atom is 0.315 e. The molecule has 6 aliphatic carbocycles. The van der Waals surface area contributed by atoms with Crippen LogP contribution in [-0.2, 0) is 14.3 Å². The number of allylic oxidation sites excluding steroid dienone is 4. The summed E-state index contributed by atoms with van der Waals surface area (Å²) in [6, 6.07) is 0.124. The lowest BCUT2D eigenvalue weighted by molar-refractivity contribution is -0.175. The van der Waals surface area contributed by atoms with E-state index < -0.39 is 5.41 Å². The highest BCUT2D eigenvalue weighted by Crippen LogP contribution is 2.72. The number of carbonyl (C=O) groups excluding carboxylic acids is 1. The number of thioether (sulfide) groups is 1. The summed E-state index contributed by atoms with van der Waals surface area (Å²) >= 11 is 2.12. The Hall–Kier alpha value is -1.84. The Morgan fingerprint density at radius 1 is 0.964 bits per heavy atom. The summed E-state index contributed by atoms with van der Waals surface area (Å²) in [5.74, 6) is 6.91. The van der Waals surface area contributed by atoms with Crippen molar-refractivity contribution in [3.05, 3.63) is 35.4 Å². The molecule has 0 amide bonds. The van der Waals surface area contributed by atoms with Crippen LogP contribution in [0.15, 0.2) is 40.5 Å². The zero-order valence-electron chi connectivity index (χ0n) is 35.6. The fourth-order valence-corrected chi connectivity index (χ4v) is 15.4. The highest BCUT2D eigenvalue weighted by atomic mass is 32.2. The molecule has 0 aromatic rings. The molecule has 7 aliphatic rings. The van der Waals surface area contributed by atoms with Crippen molar-refractivity contribution >= 4 is 17.7 Å². The van der Waals surface area contributed by atoms with E-state index in [1.807, 2.05) is 20.8 Å². The number of hydrogen-bond donors (Lipinski definition) is 3. The molecule has 1 aliphatic heterocycles. The van der Waals surface area contributed by atoms with Gasteiger partial charge in [-0.15, -0.1) is 0 Å². The summed E-state index contributed by atoms with van der Waals surface area (Å²) in [7, 11) is 0. The topological polar surface area (TPSA) is 99.0 Å². The van der Waals surface area contributed by atoms with Crippen molar-refractivity contribution in [2.45, 2.75) is 144 Å². The predicted octanol–water partition coefficient (Wildman–Crippen LogP) is 9.88. The molecule has 5 unspecified atom stereocenters. The first-order valence-corrected chi connectivity index (χ1v) is 23.6. The number of rotatable bonds is 13. The summed E-state index contributed by atoms with van der Waals surface area (Å²) in [5, 5.41) is 10.9. The second kappa shape index (κ2) is 16.4. The molecule has 0 radical (unpaired) electrons. The van der Waals surface area contributed by atoms with Gasteiger partial charge in [-0.05, 0) is 155 Å². The van der Waals surface area contributed by atoms with Gasteiger partial charge in [0.1, 0.15) is 18.2 Å². The average molecular weight is 778 g/mol. The molecular formula is C46H75N5O3S. The Bertz CT molecular complexity index is 1500. The quantitative estimate of drug-likeness (QED) is 0.0973. The van der Waals surface area contributed by atoms with E-state index in [9.17, 15) is 4.79 Å². The van der Waals surface area contributed by atoms with Crippen LogP contribution in [0.25, 0.3) is 0 Å². The van der Waals surface area contributed by atoms with Crippen LogP contribution in [0.2, 0.25) is 0 Å². The van der Waals surface area contributed by atoms with Crippen LogP contribution in [0.5, 0.6) is 0 Å². The van der Waals surface area contributed by atoms with Crippen molar-refractivity contribution in [1.82, 2.24) is 15.5 Å². The van der Waals surface area contributed by atoms with Crippen molar-refractivity contribution < 1.29 is 14.3 Å². The van der Waals surface area contributed by atoms with E-state index in [0.717, 1.165) is 30.1 Å². The first kappa shape index (κ1) is 41.3. The van der Waals surface area contributed by atoms with E-state index >= 15 is 0 Å². The van der Waals surface area contributed by atoms with Gasteiger partial charge in [0.05, 0.1) is 6.61 Å². The summed E-state index contributed by atoms with van der Waals surface area (Å²) in [6.45, 7) is 22.0.